The van der Waals surface area contributed by atoms with E-state index >= 15 is 0 Å². The Bertz CT molecular complexity index is 726. The molecular formula is C24H33AlO2. The Balaban J connectivity index is 0.00000176. The molecule has 0 fully saturated rings. The van der Waals surface area contributed by atoms with E-state index < -0.39 is 0 Å². The molecule has 2 nitrogen and oxygen atoms in total. The van der Waals surface area contributed by atoms with E-state index in [9.17, 15) is 10.2 Å². The first-order chi connectivity index (χ1) is 12.3. The van der Waals surface area contributed by atoms with Gasteiger partial charge < -0.3 is 10.2 Å². The molecule has 2 rings (SSSR count). The molecule has 2 aromatic carbocycles. The van der Waals surface area contributed by atoms with Gasteiger partial charge in [0.05, 0.1) is 0 Å². The summed E-state index contributed by atoms with van der Waals surface area (Å²) in [4.78, 5) is 0. The van der Waals surface area contributed by atoms with Gasteiger partial charge in [-0.05, 0) is 53.4 Å². The van der Waals surface area contributed by atoms with E-state index in [0.717, 1.165) is 22.3 Å². The monoisotopic (exact) mass is 380 g/mol. The van der Waals surface area contributed by atoms with E-state index in [2.05, 4.69) is 57.8 Å². The summed E-state index contributed by atoms with van der Waals surface area (Å²) in [5.41, 5.74) is 5.64. The number of hydrogen-bond donors (Lipinski definition) is 0. The molecule has 0 aliphatic rings. The van der Waals surface area contributed by atoms with E-state index in [1.807, 2.05) is 31.8 Å². The summed E-state index contributed by atoms with van der Waals surface area (Å²) in [5, 5.41) is 25.1. The summed E-state index contributed by atoms with van der Waals surface area (Å²) in [6.07, 6.45) is 0.397. The fraction of sp³-hybridized carbons (Fsp3) is 0.500. The third-order valence-corrected chi connectivity index (χ3v) is 4.81. The van der Waals surface area contributed by atoms with Gasteiger partial charge in [-0.1, -0.05) is 76.9 Å². The molecular weight excluding hydrogens is 347 g/mol. The topological polar surface area (TPSA) is 46.1 Å². The molecule has 3 heteroatoms. The molecule has 0 N–H and O–H groups in total. The molecule has 0 saturated carbocycles. The Hall–Kier alpha value is -1.43. The maximum atomic E-state index is 12.6. The van der Waals surface area contributed by atoms with Gasteiger partial charge >= 0.3 is 22.1 Å². The van der Waals surface area contributed by atoms with Crippen LogP contribution < -0.4 is 10.2 Å². The normalized spacial score (nSPS) is 11.8. The van der Waals surface area contributed by atoms with Crippen LogP contribution in [-0.2, 0) is 17.3 Å². The van der Waals surface area contributed by atoms with Crippen molar-refractivity contribution in [1.82, 2.24) is 0 Å². The van der Waals surface area contributed by atoms with Gasteiger partial charge in [-0.3, -0.25) is 0 Å². The minimum atomic E-state index is -0.0591. The first kappa shape index (κ1) is 23.6. The van der Waals surface area contributed by atoms with Crippen molar-refractivity contribution < 1.29 is 10.2 Å². The third-order valence-electron chi connectivity index (χ3n) is 4.81. The molecule has 0 amide bonds. The van der Waals surface area contributed by atoms with Gasteiger partial charge in [0.15, 0.2) is 0 Å². The second-order valence-electron chi connectivity index (χ2n) is 9.23. The Kier molecular flexibility index (Phi) is 7.62. The molecule has 0 aromatic heterocycles. The van der Waals surface area contributed by atoms with Gasteiger partial charge in [0.2, 0.25) is 0 Å². The fourth-order valence-corrected chi connectivity index (χ4v) is 3.59. The van der Waals surface area contributed by atoms with Gasteiger partial charge in [-0.25, -0.2) is 0 Å². The number of rotatable bonds is 2. The molecule has 144 valence electrons. The molecule has 0 saturated heterocycles. The van der Waals surface area contributed by atoms with Gasteiger partial charge in [0.25, 0.3) is 0 Å². The molecule has 0 spiro atoms. The predicted molar refractivity (Wildman–Crippen MR) is 113 cm³/mol. The minimum absolute atomic E-state index is 0.0208. The predicted octanol–water partition coefficient (Wildman–Crippen LogP) is 4.84. The number of benzene rings is 2. The van der Waals surface area contributed by atoms with Crippen molar-refractivity contribution in [1.29, 1.82) is 0 Å². The summed E-state index contributed by atoms with van der Waals surface area (Å²) >= 11 is 2.42. The van der Waals surface area contributed by atoms with Crippen LogP contribution in [0.4, 0.5) is 0 Å². The molecule has 0 aliphatic carbocycles. The van der Waals surface area contributed by atoms with E-state index in [0.29, 0.717) is 17.5 Å². The fourth-order valence-electron chi connectivity index (χ4n) is 3.59. The average molecular weight is 381 g/mol. The second-order valence-corrected chi connectivity index (χ2v) is 9.23. The summed E-state index contributed by atoms with van der Waals surface area (Å²) in [7, 11) is 0. The zero-order valence-corrected chi connectivity index (χ0v) is 19.6. The standard InChI is InChI=1S/C23H32O2.CH3.Al/c1-14-9-16(20(24)12-18(14)22(3,4)5)11-17-10-15(2)19(13-21(17)25)23(6,7)8;;/h9-10,12-13,24-25H,11H2,1-8H3;1H3;/q;;+2/p-2. The van der Waals surface area contributed by atoms with Crippen molar-refractivity contribution in [2.75, 3.05) is 0 Å². The summed E-state index contributed by atoms with van der Waals surface area (Å²) in [6, 6.07) is 7.39. The van der Waals surface area contributed by atoms with Crippen LogP contribution in [0.2, 0.25) is 5.79 Å². The number of hydrogen-bond acceptors (Lipinski definition) is 2. The van der Waals surface area contributed by atoms with Crippen LogP contribution in [-0.4, -0.2) is 16.3 Å². The van der Waals surface area contributed by atoms with Crippen molar-refractivity contribution in [2.24, 2.45) is 0 Å². The Morgan fingerprint density at radius 1 is 0.667 bits per heavy atom. The van der Waals surface area contributed by atoms with E-state index in [1.165, 1.54) is 0 Å². The zero-order valence-electron chi connectivity index (χ0n) is 18.4. The van der Waals surface area contributed by atoms with E-state index in [4.69, 9.17) is 0 Å². The van der Waals surface area contributed by atoms with Crippen molar-refractivity contribution in [3.63, 3.8) is 0 Å². The molecule has 0 unspecified atom stereocenters. The first-order valence-corrected chi connectivity index (χ1v) is 10.7. The molecule has 0 radical (unpaired) electrons. The SMILES string of the molecule is Cc1cc(Cc2cc(C)c(C(C)(C)C)cc2[O-])c([O-])cc1C(C)(C)C.[CH3][Al+2]. The molecule has 27 heavy (non-hydrogen) atoms. The zero-order chi connectivity index (χ0) is 21.2. The second kappa shape index (κ2) is 8.72. The summed E-state index contributed by atoms with van der Waals surface area (Å²) in [6.45, 7) is 16.7. The van der Waals surface area contributed by atoms with Crippen molar-refractivity contribution in [3.05, 3.63) is 57.6 Å². The van der Waals surface area contributed by atoms with Crippen molar-refractivity contribution in [3.8, 4) is 11.5 Å². The Morgan fingerprint density at radius 2 is 0.963 bits per heavy atom. The maximum absolute atomic E-state index is 12.6. The third kappa shape index (κ3) is 5.77. The summed E-state index contributed by atoms with van der Waals surface area (Å²) < 4.78 is 0. The van der Waals surface area contributed by atoms with Crippen LogP contribution in [0.1, 0.15) is 74.9 Å². The van der Waals surface area contributed by atoms with Crippen LogP contribution in [0, 0.1) is 13.8 Å². The van der Waals surface area contributed by atoms with Crippen LogP contribution in [0.5, 0.6) is 11.5 Å². The van der Waals surface area contributed by atoms with Gasteiger partial charge in [-0.2, -0.15) is 0 Å². The van der Waals surface area contributed by atoms with Crippen LogP contribution in [0.25, 0.3) is 0 Å². The van der Waals surface area contributed by atoms with Gasteiger partial charge in [0.1, 0.15) is 0 Å². The van der Waals surface area contributed by atoms with E-state index in [-0.39, 0.29) is 22.3 Å². The van der Waals surface area contributed by atoms with Crippen LogP contribution in [0.3, 0.4) is 0 Å². The summed E-state index contributed by atoms with van der Waals surface area (Å²) in [5.74, 6) is 1.96. The molecule has 0 atom stereocenters. The van der Waals surface area contributed by atoms with Crippen molar-refractivity contribution in [2.45, 2.75) is 78.4 Å². The molecule has 0 aliphatic heterocycles. The first-order valence-electron chi connectivity index (χ1n) is 9.50. The van der Waals surface area contributed by atoms with Gasteiger partial charge in [0, 0.05) is 0 Å². The van der Waals surface area contributed by atoms with Crippen molar-refractivity contribution >= 4 is 16.3 Å². The Morgan fingerprint density at radius 3 is 1.22 bits per heavy atom. The average Bonchev–Trinajstić information content (AvgIpc) is 2.53. The molecule has 0 bridgehead atoms. The Labute approximate surface area is 174 Å². The van der Waals surface area contributed by atoms with Crippen LogP contribution >= 0.6 is 0 Å². The quantitative estimate of drug-likeness (QED) is 0.700. The van der Waals surface area contributed by atoms with Gasteiger partial charge in [-0.15, -0.1) is 11.5 Å². The van der Waals surface area contributed by atoms with Crippen LogP contribution in [0.15, 0.2) is 24.3 Å². The molecule has 2 aromatic rings. The number of aryl methyl sites for hydroxylation is 2. The molecule has 0 heterocycles. The van der Waals surface area contributed by atoms with E-state index in [1.54, 1.807) is 12.1 Å².